The molecule has 10 heavy (non-hydrogen) atoms. The van der Waals surface area contributed by atoms with Crippen molar-refractivity contribution in [1.29, 1.82) is 0 Å². The second-order valence-corrected chi connectivity index (χ2v) is 3.51. The Hall–Kier alpha value is 0.380. The van der Waals surface area contributed by atoms with E-state index in [4.69, 9.17) is 11.6 Å². The first-order valence-electron chi connectivity index (χ1n) is 3.70. The van der Waals surface area contributed by atoms with Crippen molar-refractivity contribution < 1.29 is 0 Å². The van der Waals surface area contributed by atoms with E-state index < -0.39 is 0 Å². The molecular formula is C8H15ClS. The molecule has 0 nitrogen and oxygen atoms in total. The molecule has 0 radical (unpaired) electrons. The Morgan fingerprint density at radius 2 is 2.20 bits per heavy atom. The van der Waals surface area contributed by atoms with E-state index in [0.717, 1.165) is 5.75 Å². The summed E-state index contributed by atoms with van der Waals surface area (Å²) in [7, 11) is 0. The molecule has 0 aliphatic rings. The predicted octanol–water partition coefficient (Wildman–Crippen LogP) is 3.31. The Bertz CT molecular complexity index is 81.3. The molecule has 0 fully saturated rings. The van der Waals surface area contributed by atoms with Gasteiger partial charge in [-0.1, -0.05) is 25.5 Å². The summed E-state index contributed by atoms with van der Waals surface area (Å²) in [5, 5.41) is 0. The first-order valence-corrected chi connectivity index (χ1v) is 5.39. The molecule has 0 N–H and O–H groups in total. The molecule has 0 aliphatic carbocycles. The number of alkyl halides is 1. The van der Waals surface area contributed by atoms with E-state index in [2.05, 4.69) is 13.0 Å². The highest BCUT2D eigenvalue weighted by Gasteiger charge is 1.82. The highest BCUT2D eigenvalue weighted by Crippen LogP contribution is 2.03. The Balaban J connectivity index is 2.83. The normalized spacial score (nSPS) is 11.0. The lowest BCUT2D eigenvalue weighted by Crippen LogP contribution is -1.78. The number of hydrogen-bond acceptors (Lipinski definition) is 1. The Labute approximate surface area is 73.0 Å². The minimum Gasteiger partial charge on any atom is -0.158 e. The van der Waals surface area contributed by atoms with Crippen LogP contribution >= 0.6 is 23.4 Å². The van der Waals surface area contributed by atoms with Crippen LogP contribution in [0.4, 0.5) is 0 Å². The van der Waals surface area contributed by atoms with Gasteiger partial charge in [-0.3, -0.25) is 0 Å². The molecule has 0 aliphatic heterocycles. The van der Waals surface area contributed by atoms with Crippen molar-refractivity contribution in [3.63, 3.8) is 0 Å². The van der Waals surface area contributed by atoms with Crippen LogP contribution in [-0.4, -0.2) is 17.4 Å². The molecule has 0 aromatic rings. The minimum atomic E-state index is 0.647. The van der Waals surface area contributed by atoms with E-state index >= 15 is 0 Å². The molecule has 0 aromatic heterocycles. The molecule has 0 amide bonds. The fourth-order valence-electron chi connectivity index (χ4n) is 0.529. The SMILES string of the molecule is CCCCSC/C=C/CCl. The highest BCUT2D eigenvalue weighted by atomic mass is 35.5. The van der Waals surface area contributed by atoms with Gasteiger partial charge in [-0.2, -0.15) is 11.8 Å². The lowest BCUT2D eigenvalue weighted by Gasteiger charge is -1.93. The molecule has 0 saturated carbocycles. The van der Waals surface area contributed by atoms with E-state index in [0.29, 0.717) is 5.88 Å². The Kier molecular flexibility index (Phi) is 9.74. The first kappa shape index (κ1) is 10.4. The van der Waals surface area contributed by atoms with E-state index in [1.165, 1.54) is 18.6 Å². The molecular weight excluding hydrogens is 164 g/mol. The third kappa shape index (κ3) is 8.38. The number of rotatable bonds is 6. The van der Waals surface area contributed by atoms with Crippen molar-refractivity contribution >= 4 is 23.4 Å². The van der Waals surface area contributed by atoms with Crippen LogP contribution in [0.1, 0.15) is 19.8 Å². The van der Waals surface area contributed by atoms with Crippen molar-refractivity contribution in [2.24, 2.45) is 0 Å². The van der Waals surface area contributed by atoms with Crippen molar-refractivity contribution in [2.45, 2.75) is 19.8 Å². The van der Waals surface area contributed by atoms with Gasteiger partial charge < -0.3 is 0 Å². The van der Waals surface area contributed by atoms with Crippen molar-refractivity contribution in [3.05, 3.63) is 12.2 Å². The van der Waals surface area contributed by atoms with Gasteiger partial charge in [0.05, 0.1) is 0 Å². The van der Waals surface area contributed by atoms with Gasteiger partial charge in [0.1, 0.15) is 0 Å². The molecule has 0 atom stereocenters. The fraction of sp³-hybridized carbons (Fsp3) is 0.750. The van der Waals surface area contributed by atoms with E-state index in [-0.39, 0.29) is 0 Å². The van der Waals surface area contributed by atoms with Gasteiger partial charge in [-0.15, -0.1) is 11.6 Å². The van der Waals surface area contributed by atoms with Gasteiger partial charge in [0.25, 0.3) is 0 Å². The lowest BCUT2D eigenvalue weighted by molar-refractivity contribution is 0.897. The van der Waals surface area contributed by atoms with Crippen molar-refractivity contribution in [1.82, 2.24) is 0 Å². The zero-order valence-electron chi connectivity index (χ0n) is 6.48. The van der Waals surface area contributed by atoms with Crippen molar-refractivity contribution in [3.8, 4) is 0 Å². The highest BCUT2D eigenvalue weighted by molar-refractivity contribution is 7.99. The molecule has 0 unspecified atom stereocenters. The quantitative estimate of drug-likeness (QED) is 0.342. The fourth-order valence-corrected chi connectivity index (χ4v) is 1.59. The Morgan fingerprint density at radius 1 is 1.40 bits per heavy atom. The summed E-state index contributed by atoms with van der Waals surface area (Å²) in [5.41, 5.74) is 0. The summed E-state index contributed by atoms with van der Waals surface area (Å²) in [6, 6.07) is 0. The second kappa shape index (κ2) is 9.38. The second-order valence-electron chi connectivity index (χ2n) is 2.05. The third-order valence-corrected chi connectivity index (χ3v) is 2.30. The van der Waals surface area contributed by atoms with Gasteiger partial charge in [0.15, 0.2) is 0 Å². The molecule has 0 spiro atoms. The topological polar surface area (TPSA) is 0 Å². The monoisotopic (exact) mass is 178 g/mol. The summed E-state index contributed by atoms with van der Waals surface area (Å²) in [6.07, 6.45) is 6.76. The molecule has 2 heteroatoms. The Morgan fingerprint density at radius 3 is 2.80 bits per heavy atom. The van der Waals surface area contributed by atoms with Gasteiger partial charge in [-0.25, -0.2) is 0 Å². The zero-order chi connectivity index (χ0) is 7.66. The molecule has 0 rings (SSSR count). The minimum absolute atomic E-state index is 0.647. The number of unbranched alkanes of at least 4 members (excludes halogenated alkanes) is 1. The summed E-state index contributed by atoms with van der Waals surface area (Å²) in [5.74, 6) is 3.05. The van der Waals surface area contributed by atoms with Crippen LogP contribution in [0, 0.1) is 0 Å². The zero-order valence-corrected chi connectivity index (χ0v) is 8.05. The molecule has 0 aromatic carbocycles. The molecule has 0 bridgehead atoms. The smallest absolute Gasteiger partial charge is 0.0404 e. The maximum atomic E-state index is 5.45. The summed E-state index contributed by atoms with van der Waals surface area (Å²) < 4.78 is 0. The summed E-state index contributed by atoms with van der Waals surface area (Å²) >= 11 is 7.42. The van der Waals surface area contributed by atoms with Gasteiger partial charge >= 0.3 is 0 Å². The predicted molar refractivity (Wildman–Crippen MR) is 52.1 cm³/mol. The van der Waals surface area contributed by atoms with Crippen LogP contribution in [0.15, 0.2) is 12.2 Å². The summed E-state index contributed by atoms with van der Waals surface area (Å²) in [4.78, 5) is 0. The molecule has 0 heterocycles. The van der Waals surface area contributed by atoms with Crippen LogP contribution in [0.5, 0.6) is 0 Å². The average molecular weight is 179 g/mol. The average Bonchev–Trinajstić information content (AvgIpc) is 1.97. The van der Waals surface area contributed by atoms with Crippen LogP contribution in [0.2, 0.25) is 0 Å². The standard InChI is InChI=1S/C8H15ClS/c1-2-3-7-10-8-5-4-6-9/h4-5H,2-3,6-8H2,1H3/b5-4+. The number of hydrogen-bond donors (Lipinski definition) is 0. The maximum absolute atomic E-state index is 5.45. The van der Waals surface area contributed by atoms with E-state index in [9.17, 15) is 0 Å². The van der Waals surface area contributed by atoms with Crippen molar-refractivity contribution in [2.75, 3.05) is 17.4 Å². The third-order valence-electron chi connectivity index (χ3n) is 1.11. The largest absolute Gasteiger partial charge is 0.158 e. The maximum Gasteiger partial charge on any atom is 0.0404 e. The van der Waals surface area contributed by atoms with Gasteiger partial charge in [0.2, 0.25) is 0 Å². The molecule has 0 saturated heterocycles. The lowest BCUT2D eigenvalue weighted by atomic mass is 10.4. The van der Waals surface area contributed by atoms with E-state index in [1.807, 2.05) is 17.8 Å². The van der Waals surface area contributed by atoms with Crippen LogP contribution in [-0.2, 0) is 0 Å². The van der Waals surface area contributed by atoms with E-state index in [1.54, 1.807) is 0 Å². The van der Waals surface area contributed by atoms with Gasteiger partial charge in [0, 0.05) is 11.6 Å². The molecule has 60 valence electrons. The van der Waals surface area contributed by atoms with Crippen LogP contribution in [0.3, 0.4) is 0 Å². The van der Waals surface area contributed by atoms with Crippen LogP contribution < -0.4 is 0 Å². The van der Waals surface area contributed by atoms with Crippen LogP contribution in [0.25, 0.3) is 0 Å². The number of halogens is 1. The van der Waals surface area contributed by atoms with Gasteiger partial charge in [-0.05, 0) is 12.2 Å². The number of thioether (sulfide) groups is 1. The summed E-state index contributed by atoms with van der Waals surface area (Å²) in [6.45, 7) is 2.22. The first-order chi connectivity index (χ1) is 4.91. The number of allylic oxidation sites excluding steroid dienone is 1.